The molecule has 1 aromatic heterocycles. The molecule has 1 saturated heterocycles. The van der Waals surface area contributed by atoms with Crippen LogP contribution in [0.2, 0.25) is 5.02 Å². The van der Waals surface area contributed by atoms with E-state index in [9.17, 15) is 9.59 Å². The smallest absolute Gasteiger partial charge is 0.327 e. The molecule has 1 amide bonds. The summed E-state index contributed by atoms with van der Waals surface area (Å²) in [5.74, 6) is -0.363. The highest BCUT2D eigenvalue weighted by Gasteiger charge is 2.32. The van der Waals surface area contributed by atoms with Gasteiger partial charge in [0.25, 0.3) is 5.91 Å². The van der Waals surface area contributed by atoms with E-state index in [-0.39, 0.29) is 11.9 Å². The molecular formula is C18H21ClN4O3. The largest absolute Gasteiger partial charge is 0.468 e. The molecular weight excluding hydrogens is 356 g/mol. The van der Waals surface area contributed by atoms with Gasteiger partial charge in [-0.05, 0) is 17.7 Å². The number of amides is 1. The van der Waals surface area contributed by atoms with Crippen LogP contribution in [0.5, 0.6) is 0 Å². The first-order valence-electron chi connectivity index (χ1n) is 8.35. The molecule has 138 valence electrons. The lowest BCUT2D eigenvalue weighted by molar-refractivity contribution is -0.148. The first-order valence-corrected chi connectivity index (χ1v) is 8.72. The molecule has 26 heavy (non-hydrogen) atoms. The summed E-state index contributed by atoms with van der Waals surface area (Å²) in [6.07, 6.45) is 3.28. The van der Waals surface area contributed by atoms with Crippen molar-refractivity contribution >= 4 is 23.5 Å². The van der Waals surface area contributed by atoms with E-state index in [2.05, 4.69) is 5.10 Å². The van der Waals surface area contributed by atoms with Gasteiger partial charge in [0.2, 0.25) is 0 Å². The number of hydrogen-bond acceptors (Lipinski definition) is 5. The highest BCUT2D eigenvalue weighted by Crippen LogP contribution is 2.25. The highest BCUT2D eigenvalue weighted by molar-refractivity contribution is 6.30. The van der Waals surface area contributed by atoms with E-state index >= 15 is 0 Å². The summed E-state index contributed by atoms with van der Waals surface area (Å²) in [5.41, 5.74) is 1.40. The van der Waals surface area contributed by atoms with Crippen molar-refractivity contribution in [3.8, 4) is 0 Å². The van der Waals surface area contributed by atoms with Gasteiger partial charge in [-0.25, -0.2) is 4.79 Å². The van der Waals surface area contributed by atoms with E-state index in [0.717, 1.165) is 5.56 Å². The quantitative estimate of drug-likeness (QED) is 0.760. The van der Waals surface area contributed by atoms with Crippen molar-refractivity contribution < 1.29 is 14.3 Å². The monoisotopic (exact) mass is 376 g/mol. The second-order valence-corrected chi connectivity index (χ2v) is 6.64. The van der Waals surface area contributed by atoms with Gasteiger partial charge in [-0.1, -0.05) is 23.7 Å². The SMILES string of the molecule is COC(=O)[C@@H](c1ccc(Cl)cc1)N1CCN(C(=O)c2cnn(C)c2)CC1. The van der Waals surface area contributed by atoms with E-state index in [1.807, 2.05) is 17.0 Å². The number of aryl methyl sites for hydroxylation is 1. The lowest BCUT2D eigenvalue weighted by Crippen LogP contribution is -2.51. The van der Waals surface area contributed by atoms with Crippen molar-refractivity contribution in [3.63, 3.8) is 0 Å². The first-order chi connectivity index (χ1) is 12.5. The number of halogens is 1. The predicted molar refractivity (Wildman–Crippen MR) is 96.9 cm³/mol. The molecule has 0 bridgehead atoms. The van der Waals surface area contributed by atoms with Crippen LogP contribution in [0.15, 0.2) is 36.7 Å². The van der Waals surface area contributed by atoms with Crippen LogP contribution in [0.1, 0.15) is 22.0 Å². The summed E-state index contributed by atoms with van der Waals surface area (Å²) in [6.45, 7) is 2.23. The molecule has 1 atom stereocenters. The zero-order valence-corrected chi connectivity index (χ0v) is 15.5. The third-order valence-corrected chi connectivity index (χ3v) is 4.78. The van der Waals surface area contributed by atoms with Crippen LogP contribution in [0, 0.1) is 0 Å². The minimum absolute atomic E-state index is 0.0427. The Balaban J connectivity index is 1.70. The molecule has 1 aromatic carbocycles. The average molecular weight is 377 g/mol. The molecule has 0 radical (unpaired) electrons. The predicted octanol–water partition coefficient (Wildman–Crippen LogP) is 1.75. The molecule has 1 aliphatic heterocycles. The Labute approximate surface area is 157 Å². The number of aromatic nitrogens is 2. The molecule has 2 aromatic rings. The number of rotatable bonds is 4. The maximum Gasteiger partial charge on any atom is 0.327 e. The Morgan fingerprint density at radius 2 is 1.81 bits per heavy atom. The average Bonchev–Trinajstić information content (AvgIpc) is 3.09. The summed E-state index contributed by atoms with van der Waals surface area (Å²) >= 11 is 5.95. The van der Waals surface area contributed by atoms with Crippen molar-refractivity contribution in [2.45, 2.75) is 6.04 Å². The van der Waals surface area contributed by atoms with Crippen LogP contribution >= 0.6 is 11.6 Å². The number of ether oxygens (including phenoxy) is 1. The summed E-state index contributed by atoms with van der Waals surface area (Å²) in [6, 6.07) is 6.67. The van der Waals surface area contributed by atoms with Gasteiger partial charge in [0.15, 0.2) is 0 Å². The van der Waals surface area contributed by atoms with E-state index in [0.29, 0.717) is 36.8 Å². The van der Waals surface area contributed by atoms with Crippen molar-refractivity contribution in [2.75, 3.05) is 33.3 Å². The Hall–Kier alpha value is -2.38. The summed E-state index contributed by atoms with van der Waals surface area (Å²) in [5, 5.41) is 4.66. The van der Waals surface area contributed by atoms with E-state index < -0.39 is 6.04 Å². The fourth-order valence-corrected chi connectivity index (χ4v) is 3.28. The molecule has 0 N–H and O–H groups in total. The Morgan fingerprint density at radius 1 is 1.15 bits per heavy atom. The minimum Gasteiger partial charge on any atom is -0.468 e. The van der Waals surface area contributed by atoms with Crippen LogP contribution in [-0.4, -0.2) is 64.7 Å². The van der Waals surface area contributed by atoms with Gasteiger partial charge in [0, 0.05) is 44.4 Å². The summed E-state index contributed by atoms with van der Waals surface area (Å²) in [7, 11) is 3.16. The van der Waals surface area contributed by atoms with Crippen LogP contribution in [0.3, 0.4) is 0 Å². The van der Waals surface area contributed by atoms with Gasteiger partial charge in [-0.15, -0.1) is 0 Å². The number of methoxy groups -OCH3 is 1. The van der Waals surface area contributed by atoms with Crippen molar-refractivity contribution in [1.29, 1.82) is 0 Å². The number of hydrogen-bond donors (Lipinski definition) is 0. The van der Waals surface area contributed by atoms with Gasteiger partial charge >= 0.3 is 5.97 Å². The molecule has 0 spiro atoms. The summed E-state index contributed by atoms with van der Waals surface area (Å²) < 4.78 is 6.60. The maximum atomic E-state index is 12.5. The van der Waals surface area contributed by atoms with E-state index in [1.165, 1.54) is 7.11 Å². The Morgan fingerprint density at radius 3 is 2.35 bits per heavy atom. The molecule has 7 nitrogen and oxygen atoms in total. The minimum atomic E-state index is -0.507. The molecule has 0 saturated carbocycles. The second kappa shape index (κ2) is 7.88. The molecule has 0 unspecified atom stereocenters. The third kappa shape index (κ3) is 3.89. The number of piperazine rings is 1. The Kier molecular flexibility index (Phi) is 5.58. The van der Waals surface area contributed by atoms with Crippen LogP contribution in [0.4, 0.5) is 0 Å². The third-order valence-electron chi connectivity index (χ3n) is 4.53. The van der Waals surface area contributed by atoms with Gasteiger partial charge in [0.1, 0.15) is 6.04 Å². The van der Waals surface area contributed by atoms with Crippen molar-refractivity contribution in [3.05, 3.63) is 52.8 Å². The number of carbonyl (C=O) groups excluding carboxylic acids is 2. The maximum absolute atomic E-state index is 12.5. The molecule has 0 aliphatic carbocycles. The van der Waals surface area contributed by atoms with Gasteiger partial charge in [-0.2, -0.15) is 5.10 Å². The van der Waals surface area contributed by atoms with E-state index in [4.69, 9.17) is 16.3 Å². The lowest BCUT2D eigenvalue weighted by atomic mass is 10.0. The zero-order chi connectivity index (χ0) is 18.7. The highest BCUT2D eigenvalue weighted by atomic mass is 35.5. The molecule has 8 heteroatoms. The number of nitrogens with zero attached hydrogens (tertiary/aromatic N) is 4. The standard InChI is InChI=1S/C18H21ClN4O3/c1-21-12-14(11-20-21)17(24)23-9-7-22(8-10-23)16(18(25)26-2)13-3-5-15(19)6-4-13/h3-6,11-12,16H,7-10H2,1-2H3/t16-/m1/s1. The molecule has 3 rings (SSSR count). The normalized spacial score (nSPS) is 16.3. The van der Waals surface area contributed by atoms with Crippen molar-refractivity contribution in [1.82, 2.24) is 19.6 Å². The summed E-state index contributed by atoms with van der Waals surface area (Å²) in [4.78, 5) is 28.7. The molecule has 1 aliphatic rings. The van der Waals surface area contributed by atoms with Crippen LogP contribution in [-0.2, 0) is 16.6 Å². The van der Waals surface area contributed by atoms with Crippen molar-refractivity contribution in [2.24, 2.45) is 7.05 Å². The van der Waals surface area contributed by atoms with Gasteiger partial charge < -0.3 is 9.64 Å². The van der Waals surface area contributed by atoms with E-state index in [1.54, 1.807) is 41.2 Å². The fourth-order valence-electron chi connectivity index (χ4n) is 3.15. The topological polar surface area (TPSA) is 67.7 Å². The molecule has 2 heterocycles. The van der Waals surface area contributed by atoms with Gasteiger partial charge in [0.05, 0.1) is 18.9 Å². The van der Waals surface area contributed by atoms with Gasteiger partial charge in [-0.3, -0.25) is 14.4 Å². The van der Waals surface area contributed by atoms with Crippen LogP contribution < -0.4 is 0 Å². The number of benzene rings is 1. The molecule has 1 fully saturated rings. The first kappa shape index (κ1) is 18.4. The zero-order valence-electron chi connectivity index (χ0n) is 14.8. The number of carbonyl (C=O) groups is 2. The fraction of sp³-hybridized carbons (Fsp3) is 0.389. The second-order valence-electron chi connectivity index (χ2n) is 6.21. The Bertz CT molecular complexity index is 782. The van der Waals surface area contributed by atoms with Crippen LogP contribution in [0.25, 0.3) is 0 Å². The number of esters is 1. The lowest BCUT2D eigenvalue weighted by Gasteiger charge is -2.38.